The fourth-order valence-electron chi connectivity index (χ4n) is 1.75. The molecule has 0 amide bonds. The van der Waals surface area contributed by atoms with E-state index in [0.29, 0.717) is 0 Å². The lowest BCUT2D eigenvalue weighted by Crippen LogP contribution is -2.09. The van der Waals surface area contributed by atoms with Crippen LogP contribution in [0.1, 0.15) is 24.3 Å². The summed E-state index contributed by atoms with van der Waals surface area (Å²) >= 11 is 0. The van der Waals surface area contributed by atoms with E-state index in [-0.39, 0.29) is 11.3 Å². The maximum absolute atomic E-state index is 13.6. The molecule has 0 saturated carbocycles. The molecule has 0 spiro atoms. The van der Waals surface area contributed by atoms with E-state index in [0.717, 1.165) is 23.0 Å². The third kappa shape index (κ3) is 2.60. The van der Waals surface area contributed by atoms with E-state index in [9.17, 15) is 22.7 Å². The van der Waals surface area contributed by atoms with Crippen LogP contribution in [0.5, 0.6) is 0 Å². The van der Waals surface area contributed by atoms with Gasteiger partial charge in [0.2, 0.25) is 0 Å². The Morgan fingerprint density at radius 1 is 1.26 bits per heavy atom. The normalized spacial score (nSPS) is 13.6. The van der Waals surface area contributed by atoms with Crippen LogP contribution in [0.25, 0.3) is 5.69 Å². The van der Waals surface area contributed by atoms with Crippen molar-refractivity contribution in [3.8, 4) is 5.69 Å². The molecule has 1 aromatic carbocycles. The first-order valence-corrected chi connectivity index (χ1v) is 5.40. The van der Waals surface area contributed by atoms with E-state index in [2.05, 4.69) is 5.10 Å². The summed E-state index contributed by atoms with van der Waals surface area (Å²) in [5.74, 6) is -0.698. The Balaban J connectivity index is 2.54. The monoisotopic (exact) mass is 274 g/mol. The Kier molecular flexibility index (Phi) is 3.32. The molecule has 1 N–H and O–H groups in total. The summed E-state index contributed by atoms with van der Waals surface area (Å²) in [5, 5.41) is 12.9. The summed E-state index contributed by atoms with van der Waals surface area (Å²) in [6.45, 7) is 1.33. The summed E-state index contributed by atoms with van der Waals surface area (Å²) in [4.78, 5) is 0. The molecule has 19 heavy (non-hydrogen) atoms. The van der Waals surface area contributed by atoms with Crippen LogP contribution in [0.4, 0.5) is 17.6 Å². The van der Waals surface area contributed by atoms with Gasteiger partial charge in [-0.25, -0.2) is 9.07 Å². The van der Waals surface area contributed by atoms with Gasteiger partial charge in [-0.1, -0.05) is 6.07 Å². The zero-order valence-electron chi connectivity index (χ0n) is 9.82. The standard InChI is InChI=1S/C12H10F4N2O/c1-7(19)11-8(13)3-2-4-9(11)18-6-5-10(17-18)12(14,15)16/h2-7,19H,1H3. The molecule has 2 rings (SSSR count). The number of rotatable bonds is 2. The van der Waals surface area contributed by atoms with Gasteiger partial charge < -0.3 is 5.11 Å². The molecule has 1 aromatic heterocycles. The van der Waals surface area contributed by atoms with Crippen LogP contribution in [0.3, 0.4) is 0 Å². The predicted molar refractivity (Wildman–Crippen MR) is 59.2 cm³/mol. The quantitative estimate of drug-likeness (QED) is 0.855. The first-order valence-electron chi connectivity index (χ1n) is 5.40. The molecule has 0 aliphatic carbocycles. The molecule has 0 aliphatic rings. The molecule has 0 bridgehead atoms. The number of aromatic nitrogens is 2. The van der Waals surface area contributed by atoms with Crippen molar-refractivity contribution >= 4 is 0 Å². The van der Waals surface area contributed by atoms with Gasteiger partial charge in [0.25, 0.3) is 0 Å². The van der Waals surface area contributed by atoms with Gasteiger partial charge in [0.05, 0.1) is 11.8 Å². The lowest BCUT2D eigenvalue weighted by Gasteiger charge is -2.13. The Morgan fingerprint density at radius 3 is 2.47 bits per heavy atom. The summed E-state index contributed by atoms with van der Waals surface area (Å²) in [6.07, 6.45) is -4.65. The third-order valence-electron chi connectivity index (χ3n) is 2.57. The molecular formula is C12H10F4N2O. The van der Waals surface area contributed by atoms with Crippen LogP contribution >= 0.6 is 0 Å². The Bertz CT molecular complexity index is 590. The molecule has 1 unspecified atom stereocenters. The summed E-state index contributed by atoms with van der Waals surface area (Å²) in [6, 6.07) is 4.64. The highest BCUT2D eigenvalue weighted by Crippen LogP contribution is 2.29. The lowest BCUT2D eigenvalue weighted by atomic mass is 10.1. The summed E-state index contributed by atoms with van der Waals surface area (Å²) in [5.41, 5.74) is -1.10. The SMILES string of the molecule is CC(O)c1c(F)cccc1-n1ccc(C(F)(F)F)n1. The van der Waals surface area contributed by atoms with Crippen molar-refractivity contribution in [1.82, 2.24) is 9.78 Å². The van der Waals surface area contributed by atoms with Crippen LogP contribution in [-0.4, -0.2) is 14.9 Å². The number of alkyl halides is 3. The minimum Gasteiger partial charge on any atom is -0.389 e. The van der Waals surface area contributed by atoms with Crippen molar-refractivity contribution in [3.63, 3.8) is 0 Å². The summed E-state index contributed by atoms with van der Waals surface area (Å²) < 4.78 is 51.9. The van der Waals surface area contributed by atoms with Gasteiger partial charge >= 0.3 is 6.18 Å². The van der Waals surface area contributed by atoms with Crippen molar-refractivity contribution in [3.05, 3.63) is 47.5 Å². The maximum Gasteiger partial charge on any atom is 0.435 e. The smallest absolute Gasteiger partial charge is 0.389 e. The highest BCUT2D eigenvalue weighted by molar-refractivity contribution is 5.42. The Labute approximate surface area is 106 Å². The van der Waals surface area contributed by atoms with Crippen LogP contribution in [0, 0.1) is 5.82 Å². The van der Waals surface area contributed by atoms with E-state index in [1.54, 1.807) is 0 Å². The number of hydrogen-bond acceptors (Lipinski definition) is 2. The van der Waals surface area contributed by atoms with E-state index < -0.39 is 23.8 Å². The number of halogens is 4. The fourth-order valence-corrected chi connectivity index (χ4v) is 1.75. The minimum atomic E-state index is -4.57. The number of aliphatic hydroxyl groups is 1. The van der Waals surface area contributed by atoms with E-state index in [4.69, 9.17) is 0 Å². The molecule has 1 heterocycles. The second-order valence-electron chi connectivity index (χ2n) is 3.99. The molecule has 0 aliphatic heterocycles. The fraction of sp³-hybridized carbons (Fsp3) is 0.250. The van der Waals surface area contributed by atoms with E-state index >= 15 is 0 Å². The Hall–Kier alpha value is -1.89. The lowest BCUT2D eigenvalue weighted by molar-refractivity contribution is -0.141. The number of nitrogens with zero attached hydrogens (tertiary/aromatic N) is 2. The molecule has 102 valence electrons. The van der Waals surface area contributed by atoms with E-state index in [1.807, 2.05) is 0 Å². The van der Waals surface area contributed by atoms with Gasteiger partial charge in [0.15, 0.2) is 5.69 Å². The van der Waals surface area contributed by atoms with Gasteiger partial charge in [0.1, 0.15) is 5.82 Å². The second-order valence-corrected chi connectivity index (χ2v) is 3.99. The topological polar surface area (TPSA) is 38.0 Å². The van der Waals surface area contributed by atoms with Crippen molar-refractivity contribution in [2.45, 2.75) is 19.2 Å². The predicted octanol–water partition coefficient (Wildman–Crippen LogP) is 3.08. The van der Waals surface area contributed by atoms with Gasteiger partial charge in [-0.2, -0.15) is 18.3 Å². The molecule has 0 radical (unpaired) electrons. The van der Waals surface area contributed by atoms with Gasteiger partial charge in [0, 0.05) is 11.8 Å². The molecule has 7 heteroatoms. The first-order chi connectivity index (χ1) is 8.80. The highest BCUT2D eigenvalue weighted by atomic mass is 19.4. The Morgan fingerprint density at radius 2 is 1.95 bits per heavy atom. The molecule has 3 nitrogen and oxygen atoms in total. The number of aliphatic hydroxyl groups excluding tert-OH is 1. The van der Waals surface area contributed by atoms with Crippen LogP contribution in [0.2, 0.25) is 0 Å². The van der Waals surface area contributed by atoms with Crippen molar-refractivity contribution in [2.75, 3.05) is 0 Å². The van der Waals surface area contributed by atoms with Crippen LogP contribution in [-0.2, 0) is 6.18 Å². The zero-order chi connectivity index (χ0) is 14.2. The third-order valence-corrected chi connectivity index (χ3v) is 2.57. The van der Waals surface area contributed by atoms with Gasteiger partial charge in [-0.15, -0.1) is 0 Å². The van der Waals surface area contributed by atoms with Gasteiger partial charge in [-0.05, 0) is 25.1 Å². The molecular weight excluding hydrogens is 264 g/mol. The van der Waals surface area contributed by atoms with Crippen LogP contribution in [0.15, 0.2) is 30.5 Å². The number of hydrogen-bond donors (Lipinski definition) is 1. The largest absolute Gasteiger partial charge is 0.435 e. The minimum absolute atomic E-state index is 0.0745. The van der Waals surface area contributed by atoms with Crippen molar-refractivity contribution < 1.29 is 22.7 Å². The summed E-state index contributed by atoms with van der Waals surface area (Å²) in [7, 11) is 0. The van der Waals surface area contributed by atoms with Crippen LogP contribution < -0.4 is 0 Å². The van der Waals surface area contributed by atoms with E-state index in [1.165, 1.54) is 19.1 Å². The second kappa shape index (κ2) is 4.65. The average Bonchev–Trinajstić information content (AvgIpc) is 2.76. The molecule has 0 fully saturated rings. The molecule has 2 aromatic rings. The van der Waals surface area contributed by atoms with Crippen molar-refractivity contribution in [1.29, 1.82) is 0 Å². The maximum atomic E-state index is 13.6. The zero-order valence-corrected chi connectivity index (χ0v) is 9.82. The highest BCUT2D eigenvalue weighted by Gasteiger charge is 2.33. The number of benzene rings is 1. The molecule has 1 atom stereocenters. The first kappa shape index (κ1) is 13.5. The average molecular weight is 274 g/mol. The van der Waals surface area contributed by atoms with Gasteiger partial charge in [-0.3, -0.25) is 0 Å². The van der Waals surface area contributed by atoms with Crippen molar-refractivity contribution in [2.24, 2.45) is 0 Å². The molecule has 0 saturated heterocycles.